The number of esters is 1. The van der Waals surface area contributed by atoms with Gasteiger partial charge in [0, 0.05) is 10.0 Å². The minimum absolute atomic E-state index is 0.445. The van der Waals surface area contributed by atoms with Gasteiger partial charge in [-0.25, -0.2) is 4.79 Å². The van der Waals surface area contributed by atoms with Crippen LogP contribution in [0.5, 0.6) is 0 Å². The van der Waals surface area contributed by atoms with Crippen LogP contribution in [0, 0.1) is 0 Å². The molecule has 3 rings (SSSR count). The highest BCUT2D eigenvalue weighted by molar-refractivity contribution is 9.10. The number of hydrogen-bond acceptors (Lipinski definition) is 3. The van der Waals surface area contributed by atoms with Crippen LogP contribution in [0.1, 0.15) is 52.8 Å². The molecule has 5 heteroatoms. The third-order valence-corrected chi connectivity index (χ3v) is 4.83. The van der Waals surface area contributed by atoms with E-state index in [2.05, 4.69) is 15.9 Å². The van der Waals surface area contributed by atoms with E-state index in [9.17, 15) is 9.59 Å². The average molecular weight is 388 g/mol. The molecule has 1 aliphatic rings. The molecule has 0 spiro atoms. The Kier molecular flexibility index (Phi) is 5.00. The number of ether oxygens (including phenoxy) is 1. The molecule has 1 fully saturated rings. The van der Waals surface area contributed by atoms with Crippen molar-refractivity contribution in [2.24, 2.45) is 5.73 Å². The maximum absolute atomic E-state index is 12.5. The lowest BCUT2D eigenvalue weighted by Gasteiger charge is -2.26. The van der Waals surface area contributed by atoms with E-state index in [0.717, 1.165) is 22.9 Å². The maximum Gasteiger partial charge on any atom is 0.339 e. The first kappa shape index (κ1) is 16.7. The minimum atomic E-state index is -1.11. The van der Waals surface area contributed by atoms with Gasteiger partial charge in [-0.1, -0.05) is 46.6 Å². The van der Waals surface area contributed by atoms with Crippen molar-refractivity contribution in [3.05, 3.63) is 69.7 Å². The molecule has 1 saturated carbocycles. The Morgan fingerprint density at radius 3 is 2.50 bits per heavy atom. The van der Waals surface area contributed by atoms with Crippen LogP contribution in [-0.4, -0.2) is 11.9 Å². The standard InChI is InChI=1S/C19H18BrNO3/c20-16-9-3-7-14(11-16)17(18(21)22)24-19(23)15-8-2-6-13(10-15)12-4-1-5-12/h2-3,6-12,17H,1,4-5H2,(H2,21,22). The molecule has 4 nitrogen and oxygen atoms in total. The number of hydrogen-bond donors (Lipinski definition) is 1. The maximum atomic E-state index is 12.5. The zero-order valence-corrected chi connectivity index (χ0v) is 14.7. The Balaban J connectivity index is 1.80. The molecule has 0 aliphatic heterocycles. The molecule has 0 saturated heterocycles. The minimum Gasteiger partial charge on any atom is -0.444 e. The third-order valence-electron chi connectivity index (χ3n) is 4.33. The summed E-state index contributed by atoms with van der Waals surface area (Å²) in [7, 11) is 0. The first-order valence-corrected chi connectivity index (χ1v) is 8.69. The second-order valence-electron chi connectivity index (χ2n) is 6.00. The summed E-state index contributed by atoms with van der Waals surface area (Å²) in [5, 5.41) is 0. The van der Waals surface area contributed by atoms with E-state index in [1.165, 1.54) is 6.42 Å². The number of nitrogens with two attached hydrogens (primary N) is 1. The molecule has 1 unspecified atom stereocenters. The average Bonchev–Trinajstić information content (AvgIpc) is 2.50. The van der Waals surface area contributed by atoms with Gasteiger partial charge in [-0.05, 0) is 48.6 Å². The number of rotatable bonds is 5. The van der Waals surface area contributed by atoms with Crippen LogP contribution in [0.3, 0.4) is 0 Å². The van der Waals surface area contributed by atoms with E-state index in [0.29, 0.717) is 17.0 Å². The molecule has 124 valence electrons. The third kappa shape index (κ3) is 3.67. The molecular weight excluding hydrogens is 370 g/mol. The molecule has 2 aromatic rings. The predicted molar refractivity (Wildman–Crippen MR) is 94.5 cm³/mol. The van der Waals surface area contributed by atoms with Gasteiger partial charge in [0.1, 0.15) is 0 Å². The van der Waals surface area contributed by atoms with Gasteiger partial charge in [0.2, 0.25) is 6.10 Å². The van der Waals surface area contributed by atoms with Gasteiger partial charge < -0.3 is 10.5 Å². The summed E-state index contributed by atoms with van der Waals surface area (Å²) in [6.07, 6.45) is 2.43. The van der Waals surface area contributed by atoms with Gasteiger partial charge in [0.15, 0.2) is 0 Å². The highest BCUT2D eigenvalue weighted by atomic mass is 79.9. The highest BCUT2D eigenvalue weighted by Crippen LogP contribution is 2.36. The Morgan fingerprint density at radius 2 is 1.88 bits per heavy atom. The first-order chi connectivity index (χ1) is 11.5. The summed E-state index contributed by atoms with van der Waals surface area (Å²) in [5.74, 6) is -0.716. The normalized spacial score (nSPS) is 15.4. The van der Waals surface area contributed by atoms with Gasteiger partial charge in [0.05, 0.1) is 5.56 Å². The van der Waals surface area contributed by atoms with Crippen LogP contribution < -0.4 is 5.73 Å². The van der Waals surface area contributed by atoms with Crippen molar-refractivity contribution in [1.29, 1.82) is 0 Å². The molecule has 1 aliphatic carbocycles. The molecule has 0 heterocycles. The van der Waals surface area contributed by atoms with Crippen molar-refractivity contribution in [1.82, 2.24) is 0 Å². The van der Waals surface area contributed by atoms with Crippen LogP contribution in [0.4, 0.5) is 0 Å². The summed E-state index contributed by atoms with van der Waals surface area (Å²) >= 11 is 3.34. The topological polar surface area (TPSA) is 69.4 Å². The lowest BCUT2D eigenvalue weighted by molar-refractivity contribution is -0.127. The summed E-state index contributed by atoms with van der Waals surface area (Å²) in [5.41, 5.74) is 7.56. The fourth-order valence-corrected chi connectivity index (χ4v) is 3.21. The van der Waals surface area contributed by atoms with Gasteiger partial charge in [-0.2, -0.15) is 0 Å². The van der Waals surface area contributed by atoms with E-state index in [-0.39, 0.29) is 0 Å². The molecule has 1 atom stereocenters. The van der Waals surface area contributed by atoms with Gasteiger partial charge in [0.25, 0.3) is 5.91 Å². The highest BCUT2D eigenvalue weighted by Gasteiger charge is 2.25. The van der Waals surface area contributed by atoms with Gasteiger partial charge in [-0.3, -0.25) is 4.79 Å². The number of amides is 1. The largest absolute Gasteiger partial charge is 0.444 e. The fourth-order valence-electron chi connectivity index (χ4n) is 2.80. The quantitative estimate of drug-likeness (QED) is 0.785. The van der Waals surface area contributed by atoms with Crippen LogP contribution in [0.25, 0.3) is 0 Å². The summed E-state index contributed by atoms with van der Waals surface area (Å²) < 4.78 is 6.18. The van der Waals surface area contributed by atoms with E-state index in [1.54, 1.807) is 24.3 Å². The van der Waals surface area contributed by atoms with Crippen molar-refractivity contribution in [2.75, 3.05) is 0 Å². The van der Waals surface area contributed by atoms with Crippen LogP contribution >= 0.6 is 15.9 Å². The SMILES string of the molecule is NC(=O)C(OC(=O)c1cccc(C2CCC2)c1)c1cccc(Br)c1. The van der Waals surface area contributed by atoms with E-state index >= 15 is 0 Å². The Hall–Kier alpha value is -2.14. The molecule has 0 bridgehead atoms. The van der Waals surface area contributed by atoms with Gasteiger partial charge >= 0.3 is 5.97 Å². The van der Waals surface area contributed by atoms with E-state index < -0.39 is 18.0 Å². The van der Waals surface area contributed by atoms with Crippen molar-refractivity contribution in [2.45, 2.75) is 31.3 Å². The molecular formula is C19H18BrNO3. The van der Waals surface area contributed by atoms with Crippen LogP contribution in [-0.2, 0) is 9.53 Å². The summed E-state index contributed by atoms with van der Waals surface area (Å²) in [6.45, 7) is 0. The molecule has 1 amide bonds. The van der Waals surface area contributed by atoms with Gasteiger partial charge in [-0.15, -0.1) is 0 Å². The first-order valence-electron chi connectivity index (χ1n) is 7.90. The second-order valence-corrected chi connectivity index (χ2v) is 6.91. The molecule has 0 aromatic heterocycles. The fraction of sp³-hybridized carbons (Fsp3) is 0.263. The van der Waals surface area contributed by atoms with E-state index in [4.69, 9.17) is 10.5 Å². The Labute approximate surface area is 149 Å². The lowest BCUT2D eigenvalue weighted by Crippen LogP contribution is -2.26. The van der Waals surface area contributed by atoms with Crippen molar-refractivity contribution >= 4 is 27.8 Å². The Morgan fingerprint density at radius 1 is 1.12 bits per heavy atom. The van der Waals surface area contributed by atoms with Crippen LogP contribution in [0.2, 0.25) is 0 Å². The van der Waals surface area contributed by atoms with Crippen molar-refractivity contribution in [3.63, 3.8) is 0 Å². The van der Waals surface area contributed by atoms with Crippen molar-refractivity contribution in [3.8, 4) is 0 Å². The molecule has 2 aromatic carbocycles. The summed E-state index contributed by atoms with van der Waals surface area (Å²) in [4.78, 5) is 24.2. The number of carbonyl (C=O) groups is 2. The number of benzene rings is 2. The van der Waals surface area contributed by atoms with Crippen molar-refractivity contribution < 1.29 is 14.3 Å². The molecule has 2 N–H and O–H groups in total. The molecule has 0 radical (unpaired) electrons. The van der Waals surface area contributed by atoms with E-state index in [1.807, 2.05) is 24.3 Å². The Bertz CT molecular complexity index is 771. The number of halogens is 1. The lowest BCUT2D eigenvalue weighted by atomic mass is 9.80. The number of carbonyl (C=O) groups excluding carboxylic acids is 2. The zero-order chi connectivity index (χ0) is 17.1. The second kappa shape index (κ2) is 7.18. The smallest absolute Gasteiger partial charge is 0.339 e. The number of primary amides is 1. The monoisotopic (exact) mass is 387 g/mol. The van der Waals surface area contributed by atoms with Crippen LogP contribution in [0.15, 0.2) is 53.0 Å². The summed E-state index contributed by atoms with van der Waals surface area (Å²) in [6, 6.07) is 14.4. The predicted octanol–water partition coefficient (Wildman–Crippen LogP) is 4.10. The molecule has 24 heavy (non-hydrogen) atoms. The zero-order valence-electron chi connectivity index (χ0n) is 13.1.